The van der Waals surface area contributed by atoms with Crippen molar-refractivity contribution in [1.29, 1.82) is 0 Å². The lowest BCUT2D eigenvalue weighted by atomic mass is 10.8. The average molecular weight is 196 g/mol. The third kappa shape index (κ3) is 4.49. The summed E-state index contributed by atoms with van der Waals surface area (Å²) in [5.74, 6) is -0.409. The molecule has 0 amide bonds. The van der Waals surface area contributed by atoms with Gasteiger partial charge in [0.1, 0.15) is 6.61 Å². The molecule has 5 nitrogen and oxygen atoms in total. The number of carbonyl (C=O) groups excluding carboxylic acids is 1. The van der Waals surface area contributed by atoms with E-state index in [9.17, 15) is 9.36 Å². The highest BCUT2D eigenvalue weighted by atomic mass is 31.2. The fourth-order valence-electron chi connectivity index (χ4n) is 0.558. The second-order valence-corrected chi connectivity index (χ2v) is 4.44. The van der Waals surface area contributed by atoms with Crippen molar-refractivity contribution in [3.63, 3.8) is 0 Å². The maximum atomic E-state index is 11.3. The lowest BCUT2D eigenvalue weighted by Gasteiger charge is -2.12. The van der Waals surface area contributed by atoms with Crippen LogP contribution >= 0.6 is 7.60 Å². The fraction of sp³-hybridized carbons (Fsp3) is 0.833. The second kappa shape index (κ2) is 5.30. The molecular formula is C6H13O5P. The van der Waals surface area contributed by atoms with E-state index in [-0.39, 0.29) is 12.8 Å². The Balaban J connectivity index is 3.74. The van der Waals surface area contributed by atoms with E-state index < -0.39 is 13.6 Å². The van der Waals surface area contributed by atoms with Gasteiger partial charge in [0.15, 0.2) is 0 Å². The maximum Gasteiger partial charge on any atom is 0.333 e. The van der Waals surface area contributed by atoms with Gasteiger partial charge in [-0.15, -0.1) is 0 Å². The van der Waals surface area contributed by atoms with Crippen molar-refractivity contribution in [2.24, 2.45) is 0 Å². The van der Waals surface area contributed by atoms with E-state index in [0.717, 1.165) is 0 Å². The number of ether oxygens (including phenoxy) is 1. The summed E-state index contributed by atoms with van der Waals surface area (Å²) >= 11 is 0. The summed E-state index contributed by atoms with van der Waals surface area (Å²) in [5.41, 5.74) is 0. The van der Waals surface area contributed by atoms with Gasteiger partial charge in [0.25, 0.3) is 0 Å². The second-order valence-electron chi connectivity index (χ2n) is 2.04. The molecule has 6 heteroatoms. The minimum atomic E-state index is -3.01. The van der Waals surface area contributed by atoms with Gasteiger partial charge in [-0.05, 0) is 0 Å². The molecule has 0 radical (unpaired) electrons. The van der Waals surface area contributed by atoms with Gasteiger partial charge >= 0.3 is 13.6 Å². The van der Waals surface area contributed by atoms with Crippen LogP contribution in [0.5, 0.6) is 0 Å². The molecule has 0 aromatic carbocycles. The molecule has 0 atom stereocenters. The SMILES string of the molecule is COP(=O)(CCOC(C)=O)OC. The van der Waals surface area contributed by atoms with Gasteiger partial charge in [-0.1, -0.05) is 0 Å². The molecule has 0 spiro atoms. The molecule has 0 aromatic heterocycles. The lowest BCUT2D eigenvalue weighted by Crippen LogP contribution is -2.06. The minimum absolute atomic E-state index is 0.0499. The van der Waals surface area contributed by atoms with Crippen molar-refractivity contribution in [2.75, 3.05) is 27.0 Å². The Labute approximate surface area is 71.5 Å². The highest BCUT2D eigenvalue weighted by Gasteiger charge is 2.20. The highest BCUT2D eigenvalue weighted by molar-refractivity contribution is 7.53. The van der Waals surface area contributed by atoms with E-state index in [1.54, 1.807) is 0 Å². The van der Waals surface area contributed by atoms with Crippen LogP contribution in [0.3, 0.4) is 0 Å². The first-order valence-corrected chi connectivity index (χ1v) is 5.11. The van der Waals surface area contributed by atoms with E-state index in [4.69, 9.17) is 0 Å². The summed E-state index contributed by atoms with van der Waals surface area (Å²) in [6, 6.07) is 0. The van der Waals surface area contributed by atoms with Crippen LogP contribution in [0.25, 0.3) is 0 Å². The van der Waals surface area contributed by atoms with Gasteiger partial charge in [-0.2, -0.15) is 0 Å². The molecule has 0 aliphatic carbocycles. The molecule has 0 saturated heterocycles. The summed E-state index contributed by atoms with van der Waals surface area (Å²) in [4.78, 5) is 10.3. The number of carbonyl (C=O) groups is 1. The summed E-state index contributed by atoms with van der Waals surface area (Å²) in [7, 11) is -0.435. The third-order valence-electron chi connectivity index (χ3n) is 1.23. The lowest BCUT2D eigenvalue weighted by molar-refractivity contribution is -0.140. The van der Waals surface area contributed by atoms with Gasteiger partial charge in [-0.25, -0.2) is 0 Å². The van der Waals surface area contributed by atoms with Crippen LogP contribution in [-0.4, -0.2) is 33.0 Å². The molecule has 72 valence electrons. The first-order valence-electron chi connectivity index (χ1n) is 3.38. The zero-order valence-corrected chi connectivity index (χ0v) is 8.30. The summed E-state index contributed by atoms with van der Waals surface area (Å²) < 4.78 is 25.1. The van der Waals surface area contributed by atoms with E-state index in [0.29, 0.717) is 0 Å². The Morgan fingerprint density at radius 2 is 1.83 bits per heavy atom. The zero-order valence-electron chi connectivity index (χ0n) is 7.40. The Bertz CT molecular complexity index is 182. The molecule has 0 unspecified atom stereocenters. The quantitative estimate of drug-likeness (QED) is 0.485. The topological polar surface area (TPSA) is 61.8 Å². The van der Waals surface area contributed by atoms with E-state index >= 15 is 0 Å². The minimum Gasteiger partial charge on any atom is -0.465 e. The summed E-state index contributed by atoms with van der Waals surface area (Å²) in [5, 5.41) is 0. The van der Waals surface area contributed by atoms with Crippen LogP contribution in [0.15, 0.2) is 0 Å². The molecule has 0 heterocycles. The smallest absolute Gasteiger partial charge is 0.333 e. The highest BCUT2D eigenvalue weighted by Crippen LogP contribution is 2.45. The van der Waals surface area contributed by atoms with Crippen LogP contribution in [-0.2, 0) is 23.1 Å². The van der Waals surface area contributed by atoms with E-state index in [1.807, 2.05) is 0 Å². The van der Waals surface area contributed by atoms with Crippen LogP contribution in [0.2, 0.25) is 0 Å². The van der Waals surface area contributed by atoms with Crippen LogP contribution in [0.4, 0.5) is 0 Å². The predicted octanol–water partition coefficient (Wildman–Crippen LogP) is 1.04. The first-order chi connectivity index (χ1) is 5.54. The van der Waals surface area contributed by atoms with Crippen LogP contribution < -0.4 is 0 Å². The Hall–Kier alpha value is -0.380. The van der Waals surface area contributed by atoms with Crippen molar-refractivity contribution in [3.05, 3.63) is 0 Å². The molecular weight excluding hydrogens is 183 g/mol. The monoisotopic (exact) mass is 196 g/mol. The van der Waals surface area contributed by atoms with Gasteiger partial charge in [-0.3, -0.25) is 9.36 Å². The van der Waals surface area contributed by atoms with Gasteiger partial charge in [0.2, 0.25) is 0 Å². The molecule has 0 saturated carbocycles. The van der Waals surface area contributed by atoms with E-state index in [2.05, 4.69) is 13.8 Å². The van der Waals surface area contributed by atoms with Crippen molar-refractivity contribution >= 4 is 13.6 Å². The van der Waals surface area contributed by atoms with Gasteiger partial charge in [0.05, 0.1) is 6.16 Å². The molecule has 0 N–H and O–H groups in total. The Kier molecular flexibility index (Phi) is 5.13. The number of esters is 1. The summed E-state index contributed by atoms with van der Waals surface area (Å²) in [6.45, 7) is 1.33. The first kappa shape index (κ1) is 11.6. The third-order valence-corrected chi connectivity index (χ3v) is 3.07. The molecule has 12 heavy (non-hydrogen) atoms. The normalized spacial score (nSPS) is 11.2. The van der Waals surface area contributed by atoms with Crippen LogP contribution in [0, 0.1) is 0 Å². The molecule has 0 rings (SSSR count). The molecule has 0 bridgehead atoms. The van der Waals surface area contributed by atoms with Crippen molar-refractivity contribution in [2.45, 2.75) is 6.92 Å². The number of hydrogen-bond acceptors (Lipinski definition) is 5. The number of rotatable bonds is 5. The predicted molar refractivity (Wildman–Crippen MR) is 43.1 cm³/mol. The molecule has 0 aliphatic rings. The van der Waals surface area contributed by atoms with E-state index in [1.165, 1.54) is 21.1 Å². The van der Waals surface area contributed by atoms with Crippen LogP contribution in [0.1, 0.15) is 6.92 Å². The zero-order chi connectivity index (χ0) is 9.61. The number of hydrogen-bond donors (Lipinski definition) is 0. The average Bonchev–Trinajstić information content (AvgIpc) is 2.03. The van der Waals surface area contributed by atoms with Crippen molar-refractivity contribution in [1.82, 2.24) is 0 Å². The summed E-state index contributed by atoms with van der Waals surface area (Å²) in [6.07, 6.45) is 0.0829. The Morgan fingerprint density at radius 1 is 1.33 bits per heavy atom. The Morgan fingerprint density at radius 3 is 2.17 bits per heavy atom. The fourth-order valence-corrected chi connectivity index (χ4v) is 1.39. The van der Waals surface area contributed by atoms with Gasteiger partial charge in [0, 0.05) is 21.1 Å². The largest absolute Gasteiger partial charge is 0.465 e. The standard InChI is InChI=1S/C6H13O5P/c1-6(7)11-4-5-12(8,9-2)10-3/h4-5H2,1-3H3. The van der Waals surface area contributed by atoms with Gasteiger partial charge < -0.3 is 13.8 Å². The molecule has 0 aromatic rings. The molecule has 0 aliphatic heterocycles. The maximum absolute atomic E-state index is 11.3. The molecule has 0 fully saturated rings. The van der Waals surface area contributed by atoms with Crippen molar-refractivity contribution in [3.8, 4) is 0 Å². The van der Waals surface area contributed by atoms with Crippen molar-refractivity contribution < 1.29 is 23.1 Å².